The Bertz CT molecular complexity index is 2580. The molecule has 0 aliphatic carbocycles. The van der Waals surface area contributed by atoms with Gasteiger partial charge in [0.1, 0.15) is 0 Å². The zero-order valence-corrected chi connectivity index (χ0v) is 26.6. The average molecular weight is 669 g/mol. The lowest BCUT2D eigenvalue weighted by Crippen LogP contribution is -2.07. The minimum atomic E-state index is -4.59. The van der Waals surface area contributed by atoms with Crippen molar-refractivity contribution in [3.8, 4) is 63.1 Å². The first-order valence-electron chi connectivity index (χ1n) is 15.9. The highest BCUT2D eigenvalue weighted by molar-refractivity contribution is 6.10. The average Bonchev–Trinajstić information content (AvgIpc) is 3.50. The molecule has 9 heteroatoms. The Morgan fingerprint density at radius 1 is 0.490 bits per heavy atom. The monoisotopic (exact) mass is 668 g/mol. The van der Waals surface area contributed by atoms with Gasteiger partial charge in [0.2, 0.25) is 0 Å². The Kier molecular flexibility index (Phi) is 7.59. The molecule has 0 bridgehead atoms. The predicted molar refractivity (Wildman–Crippen MR) is 190 cm³/mol. The first-order chi connectivity index (χ1) is 24.8. The van der Waals surface area contributed by atoms with Crippen molar-refractivity contribution in [1.82, 2.24) is 19.5 Å². The van der Waals surface area contributed by atoms with Gasteiger partial charge in [-0.2, -0.15) is 23.7 Å². The van der Waals surface area contributed by atoms with Crippen LogP contribution in [0.1, 0.15) is 16.7 Å². The molecule has 6 aromatic carbocycles. The summed E-state index contributed by atoms with van der Waals surface area (Å²) in [5, 5.41) is 20.9. The number of benzene rings is 6. The van der Waals surface area contributed by atoms with Gasteiger partial charge in [0.25, 0.3) is 0 Å². The highest BCUT2D eigenvalue weighted by Gasteiger charge is 2.33. The van der Waals surface area contributed by atoms with Crippen LogP contribution < -0.4 is 0 Å². The Morgan fingerprint density at radius 3 is 1.53 bits per heavy atom. The third-order valence-corrected chi connectivity index (χ3v) is 8.75. The fourth-order valence-electron chi connectivity index (χ4n) is 6.41. The van der Waals surface area contributed by atoms with Gasteiger partial charge >= 0.3 is 6.18 Å². The minimum absolute atomic E-state index is 0.0164. The van der Waals surface area contributed by atoms with Crippen molar-refractivity contribution in [2.24, 2.45) is 0 Å². The second-order valence-corrected chi connectivity index (χ2v) is 11.8. The van der Waals surface area contributed by atoms with E-state index in [9.17, 15) is 23.7 Å². The molecular formula is C42H23F3N6. The van der Waals surface area contributed by atoms with E-state index in [0.717, 1.165) is 17.2 Å². The maximum absolute atomic E-state index is 14.3. The number of hydrogen-bond donors (Lipinski definition) is 0. The summed E-state index contributed by atoms with van der Waals surface area (Å²) in [6.45, 7) is 0. The van der Waals surface area contributed by atoms with Crippen LogP contribution in [0.2, 0.25) is 0 Å². The van der Waals surface area contributed by atoms with E-state index in [-0.39, 0.29) is 5.56 Å². The van der Waals surface area contributed by atoms with Crippen molar-refractivity contribution in [2.45, 2.75) is 6.18 Å². The number of fused-ring (bicyclic) bond motifs is 3. The molecule has 0 amide bonds. The number of halogens is 3. The molecule has 242 valence electrons. The molecule has 51 heavy (non-hydrogen) atoms. The molecule has 0 spiro atoms. The van der Waals surface area contributed by atoms with Crippen LogP contribution in [0.3, 0.4) is 0 Å². The molecule has 0 saturated carbocycles. The maximum atomic E-state index is 14.3. The van der Waals surface area contributed by atoms with Crippen molar-refractivity contribution in [1.29, 1.82) is 10.5 Å². The van der Waals surface area contributed by atoms with Crippen molar-refractivity contribution in [2.75, 3.05) is 0 Å². The fourth-order valence-corrected chi connectivity index (χ4v) is 6.41. The van der Waals surface area contributed by atoms with Gasteiger partial charge in [0, 0.05) is 27.5 Å². The van der Waals surface area contributed by atoms with Crippen molar-refractivity contribution in [3.63, 3.8) is 0 Å². The highest BCUT2D eigenvalue weighted by Crippen LogP contribution is 2.42. The number of hydrogen-bond acceptors (Lipinski definition) is 5. The Hall–Kier alpha value is -7.10. The SMILES string of the molecule is N#Cc1ccc2c(c1)c1cc(C#N)ccc1n2-c1cc(-c2ccccc2C(F)(F)F)ccc1-c1nc(-c2ccccc2)nc(-c2ccccc2)n1. The maximum Gasteiger partial charge on any atom is 0.417 e. The molecule has 0 radical (unpaired) electrons. The molecular weight excluding hydrogens is 645 g/mol. The molecule has 0 N–H and O–H groups in total. The summed E-state index contributed by atoms with van der Waals surface area (Å²) in [6, 6.07) is 44.4. The quantitative estimate of drug-likeness (QED) is 0.182. The second-order valence-electron chi connectivity index (χ2n) is 11.8. The summed E-state index contributed by atoms with van der Waals surface area (Å²) in [5.74, 6) is 1.17. The third-order valence-electron chi connectivity index (χ3n) is 8.75. The Morgan fingerprint density at radius 2 is 1.00 bits per heavy atom. The summed E-state index contributed by atoms with van der Waals surface area (Å²) in [7, 11) is 0. The first kappa shape index (κ1) is 31.2. The van der Waals surface area contributed by atoms with Crippen molar-refractivity contribution in [3.05, 3.63) is 156 Å². The molecule has 0 atom stereocenters. The van der Waals surface area contributed by atoms with Crippen LogP contribution in [0.25, 0.3) is 72.8 Å². The van der Waals surface area contributed by atoms with E-state index in [0.29, 0.717) is 67.2 Å². The van der Waals surface area contributed by atoms with Crippen LogP contribution in [-0.4, -0.2) is 19.5 Å². The fraction of sp³-hybridized carbons (Fsp3) is 0.0238. The van der Waals surface area contributed by atoms with E-state index < -0.39 is 11.7 Å². The van der Waals surface area contributed by atoms with Gasteiger partial charge in [-0.15, -0.1) is 0 Å². The number of alkyl halides is 3. The van der Waals surface area contributed by atoms with Gasteiger partial charge < -0.3 is 4.57 Å². The summed E-state index contributed by atoms with van der Waals surface area (Å²) >= 11 is 0. The van der Waals surface area contributed by atoms with E-state index in [4.69, 9.17) is 15.0 Å². The van der Waals surface area contributed by atoms with Gasteiger partial charge in [-0.1, -0.05) is 84.9 Å². The minimum Gasteiger partial charge on any atom is -0.308 e. The van der Waals surface area contributed by atoms with Gasteiger partial charge in [-0.3, -0.25) is 0 Å². The van der Waals surface area contributed by atoms with Crippen LogP contribution in [0.5, 0.6) is 0 Å². The predicted octanol–water partition coefficient (Wildman–Crippen LogP) is 10.4. The van der Waals surface area contributed by atoms with Crippen LogP contribution >= 0.6 is 0 Å². The molecule has 0 fully saturated rings. The summed E-state index contributed by atoms with van der Waals surface area (Å²) < 4.78 is 44.9. The number of aromatic nitrogens is 4. The lowest BCUT2D eigenvalue weighted by atomic mass is 9.97. The number of nitriles is 2. The molecule has 0 aliphatic rings. The van der Waals surface area contributed by atoms with E-state index in [2.05, 4.69) is 12.1 Å². The smallest absolute Gasteiger partial charge is 0.308 e. The molecule has 8 aromatic rings. The number of rotatable bonds is 5. The van der Waals surface area contributed by atoms with E-state index in [1.54, 1.807) is 60.7 Å². The largest absolute Gasteiger partial charge is 0.417 e. The van der Waals surface area contributed by atoms with E-state index in [1.807, 2.05) is 65.2 Å². The zero-order valence-electron chi connectivity index (χ0n) is 26.6. The van der Waals surface area contributed by atoms with Crippen LogP contribution in [-0.2, 0) is 6.18 Å². The molecule has 0 aliphatic heterocycles. The van der Waals surface area contributed by atoms with Crippen molar-refractivity contribution < 1.29 is 13.2 Å². The number of nitrogens with zero attached hydrogens (tertiary/aromatic N) is 6. The summed E-state index contributed by atoms with van der Waals surface area (Å²) in [6.07, 6.45) is -4.59. The Labute approximate surface area is 290 Å². The standard InChI is InChI=1S/C42H23F3N6/c43-42(44,45)35-14-8-7-13-31(35)30-17-18-32(41-49-39(28-9-3-1-4-10-28)48-40(50-41)29-11-5-2-6-12-29)38(23-30)51-36-19-15-26(24-46)21-33(36)34-22-27(25-47)16-20-37(34)51/h1-23H. The van der Waals surface area contributed by atoms with Crippen molar-refractivity contribution >= 4 is 21.8 Å². The molecule has 6 nitrogen and oxygen atoms in total. The summed E-state index contributed by atoms with van der Waals surface area (Å²) in [4.78, 5) is 14.7. The van der Waals surface area contributed by atoms with Gasteiger partial charge in [0.05, 0.1) is 45.5 Å². The van der Waals surface area contributed by atoms with Crippen LogP contribution in [0.4, 0.5) is 13.2 Å². The van der Waals surface area contributed by atoms with Gasteiger partial charge in [0.15, 0.2) is 17.5 Å². The lowest BCUT2D eigenvalue weighted by molar-refractivity contribution is -0.137. The van der Waals surface area contributed by atoms with E-state index in [1.165, 1.54) is 12.1 Å². The van der Waals surface area contributed by atoms with Crippen LogP contribution in [0.15, 0.2) is 140 Å². The first-order valence-corrected chi connectivity index (χ1v) is 15.9. The van der Waals surface area contributed by atoms with Crippen LogP contribution in [0, 0.1) is 22.7 Å². The summed E-state index contributed by atoms with van der Waals surface area (Å²) in [5.41, 5.74) is 4.37. The molecule has 8 rings (SSSR count). The van der Waals surface area contributed by atoms with E-state index >= 15 is 0 Å². The molecule has 0 saturated heterocycles. The lowest BCUT2D eigenvalue weighted by Gasteiger charge is -2.18. The molecule has 2 aromatic heterocycles. The highest BCUT2D eigenvalue weighted by atomic mass is 19.4. The van der Waals surface area contributed by atoms with Gasteiger partial charge in [-0.05, 0) is 65.7 Å². The topological polar surface area (TPSA) is 91.2 Å². The molecule has 2 heterocycles. The zero-order chi connectivity index (χ0) is 35.1. The molecule has 0 unspecified atom stereocenters. The normalized spacial score (nSPS) is 11.4. The van der Waals surface area contributed by atoms with Gasteiger partial charge in [-0.25, -0.2) is 15.0 Å². The Balaban J connectivity index is 1.48. The second kappa shape index (κ2) is 12.4. The third kappa shape index (κ3) is 5.63.